The van der Waals surface area contributed by atoms with Crippen molar-refractivity contribution in [2.45, 2.75) is 32.2 Å². The predicted molar refractivity (Wildman–Crippen MR) is 105 cm³/mol. The Balaban J connectivity index is 1.44. The van der Waals surface area contributed by atoms with Gasteiger partial charge in [0.15, 0.2) is 0 Å². The molecule has 1 aromatic heterocycles. The van der Waals surface area contributed by atoms with E-state index in [2.05, 4.69) is 29.2 Å². The molecule has 1 fully saturated rings. The van der Waals surface area contributed by atoms with Crippen molar-refractivity contribution in [1.29, 1.82) is 0 Å². The third-order valence-electron chi connectivity index (χ3n) is 5.16. The lowest BCUT2D eigenvalue weighted by atomic mass is 10.1. The van der Waals surface area contributed by atoms with Crippen LogP contribution in [-0.4, -0.2) is 34.6 Å². The molecule has 6 nitrogen and oxygen atoms in total. The van der Waals surface area contributed by atoms with Crippen LogP contribution in [-0.2, 0) is 17.8 Å². The highest BCUT2D eigenvalue weighted by atomic mass is 16.5. The number of likely N-dealkylation sites (tertiary alicyclic amines) is 1. The van der Waals surface area contributed by atoms with E-state index in [1.807, 2.05) is 41.3 Å². The Morgan fingerprint density at radius 2 is 1.82 bits per heavy atom. The smallest absolute Gasteiger partial charge is 0.232 e. The quantitative estimate of drug-likeness (QED) is 0.653. The fourth-order valence-corrected chi connectivity index (χ4v) is 3.45. The molecule has 1 atom stereocenters. The average Bonchev–Trinajstić information content (AvgIpc) is 3.36. The number of hydrogen-bond acceptors (Lipinski definition) is 5. The average molecular weight is 377 g/mol. The Morgan fingerprint density at radius 3 is 2.50 bits per heavy atom. The summed E-state index contributed by atoms with van der Waals surface area (Å²) in [5.74, 6) is 1.94. The standard InChI is InChI=1S/C22H23N3O3/c1-3-15-4-8-17(9-5-15)21-23-22(28-24-21)18-12-20(26)25(14-18)13-16-6-10-19(27-2)11-7-16/h4-11,18H,3,12-14H2,1-2H3. The molecule has 0 aliphatic carbocycles. The molecular formula is C22H23N3O3. The molecule has 28 heavy (non-hydrogen) atoms. The summed E-state index contributed by atoms with van der Waals surface area (Å²) in [4.78, 5) is 18.8. The Morgan fingerprint density at radius 1 is 1.11 bits per heavy atom. The molecule has 0 radical (unpaired) electrons. The molecule has 3 aromatic rings. The summed E-state index contributed by atoms with van der Waals surface area (Å²) >= 11 is 0. The van der Waals surface area contributed by atoms with Crippen molar-refractivity contribution in [2.24, 2.45) is 0 Å². The molecule has 1 amide bonds. The van der Waals surface area contributed by atoms with E-state index < -0.39 is 0 Å². The zero-order valence-corrected chi connectivity index (χ0v) is 16.1. The first-order valence-corrected chi connectivity index (χ1v) is 9.50. The number of rotatable bonds is 6. The summed E-state index contributed by atoms with van der Waals surface area (Å²) in [6.07, 6.45) is 1.39. The second kappa shape index (κ2) is 7.84. The summed E-state index contributed by atoms with van der Waals surface area (Å²) in [6, 6.07) is 15.9. The fraction of sp³-hybridized carbons (Fsp3) is 0.318. The first-order chi connectivity index (χ1) is 13.7. The van der Waals surface area contributed by atoms with E-state index >= 15 is 0 Å². The van der Waals surface area contributed by atoms with Crippen LogP contribution in [0.5, 0.6) is 5.75 Å². The maximum atomic E-state index is 12.4. The van der Waals surface area contributed by atoms with Gasteiger partial charge in [0, 0.05) is 25.1 Å². The molecule has 4 rings (SSSR count). The Labute approximate surface area is 164 Å². The molecule has 1 saturated heterocycles. The van der Waals surface area contributed by atoms with Gasteiger partial charge in [0.05, 0.1) is 13.0 Å². The van der Waals surface area contributed by atoms with Crippen molar-refractivity contribution in [3.8, 4) is 17.1 Å². The molecule has 2 aromatic carbocycles. The van der Waals surface area contributed by atoms with Crippen molar-refractivity contribution >= 4 is 5.91 Å². The largest absolute Gasteiger partial charge is 0.497 e. The van der Waals surface area contributed by atoms with E-state index in [-0.39, 0.29) is 11.8 Å². The molecule has 0 N–H and O–H groups in total. The maximum absolute atomic E-state index is 12.4. The molecule has 1 aliphatic heterocycles. The van der Waals surface area contributed by atoms with Crippen LogP contribution >= 0.6 is 0 Å². The number of amides is 1. The van der Waals surface area contributed by atoms with Crippen LogP contribution in [0.2, 0.25) is 0 Å². The number of carbonyl (C=O) groups is 1. The van der Waals surface area contributed by atoms with Gasteiger partial charge in [0.1, 0.15) is 5.75 Å². The van der Waals surface area contributed by atoms with Gasteiger partial charge in [-0.2, -0.15) is 4.98 Å². The Kier molecular flexibility index (Phi) is 5.10. The summed E-state index contributed by atoms with van der Waals surface area (Å²) in [5, 5.41) is 4.11. The van der Waals surface area contributed by atoms with Gasteiger partial charge in [0.25, 0.3) is 0 Å². The van der Waals surface area contributed by atoms with E-state index in [1.54, 1.807) is 7.11 Å². The second-order valence-corrected chi connectivity index (χ2v) is 7.03. The first kappa shape index (κ1) is 18.2. The maximum Gasteiger partial charge on any atom is 0.232 e. The third kappa shape index (κ3) is 3.76. The van der Waals surface area contributed by atoms with Gasteiger partial charge in [-0.25, -0.2) is 0 Å². The molecule has 0 saturated carbocycles. The van der Waals surface area contributed by atoms with Crippen LogP contribution in [0.4, 0.5) is 0 Å². The van der Waals surface area contributed by atoms with Crippen LogP contribution < -0.4 is 4.74 Å². The van der Waals surface area contributed by atoms with Gasteiger partial charge in [-0.3, -0.25) is 4.79 Å². The minimum absolute atomic E-state index is 0.0677. The molecule has 1 aliphatic rings. The molecule has 144 valence electrons. The lowest BCUT2D eigenvalue weighted by Gasteiger charge is -2.16. The van der Waals surface area contributed by atoms with Gasteiger partial charge in [0.2, 0.25) is 17.6 Å². The van der Waals surface area contributed by atoms with Crippen molar-refractivity contribution in [3.63, 3.8) is 0 Å². The number of ether oxygens (including phenoxy) is 1. The monoisotopic (exact) mass is 377 g/mol. The highest BCUT2D eigenvalue weighted by Gasteiger charge is 2.34. The number of aryl methyl sites for hydroxylation is 1. The number of nitrogens with zero attached hydrogens (tertiary/aromatic N) is 3. The third-order valence-corrected chi connectivity index (χ3v) is 5.16. The van der Waals surface area contributed by atoms with E-state index in [1.165, 1.54) is 5.56 Å². The summed E-state index contributed by atoms with van der Waals surface area (Å²) in [5.41, 5.74) is 3.26. The van der Waals surface area contributed by atoms with Crippen molar-refractivity contribution < 1.29 is 14.1 Å². The zero-order chi connectivity index (χ0) is 19.5. The van der Waals surface area contributed by atoms with E-state index in [0.717, 1.165) is 23.3 Å². The Hall–Kier alpha value is -3.15. The number of benzene rings is 2. The number of aromatic nitrogens is 2. The molecule has 0 bridgehead atoms. The van der Waals surface area contributed by atoms with Crippen LogP contribution in [0.15, 0.2) is 53.1 Å². The highest BCUT2D eigenvalue weighted by molar-refractivity contribution is 5.79. The van der Waals surface area contributed by atoms with Gasteiger partial charge in [-0.05, 0) is 29.7 Å². The second-order valence-electron chi connectivity index (χ2n) is 7.03. The fourth-order valence-electron chi connectivity index (χ4n) is 3.45. The molecular weight excluding hydrogens is 354 g/mol. The van der Waals surface area contributed by atoms with Crippen molar-refractivity contribution in [2.75, 3.05) is 13.7 Å². The van der Waals surface area contributed by atoms with Crippen LogP contribution in [0.25, 0.3) is 11.4 Å². The van der Waals surface area contributed by atoms with Crippen LogP contribution in [0.3, 0.4) is 0 Å². The number of methoxy groups -OCH3 is 1. The lowest BCUT2D eigenvalue weighted by molar-refractivity contribution is -0.128. The van der Waals surface area contributed by atoms with E-state index in [0.29, 0.717) is 31.2 Å². The molecule has 6 heteroatoms. The first-order valence-electron chi connectivity index (χ1n) is 9.50. The zero-order valence-electron chi connectivity index (χ0n) is 16.1. The lowest BCUT2D eigenvalue weighted by Crippen LogP contribution is -2.24. The van der Waals surface area contributed by atoms with Crippen molar-refractivity contribution in [3.05, 3.63) is 65.5 Å². The SMILES string of the molecule is CCc1ccc(-c2noc(C3CC(=O)N(Cc4ccc(OC)cc4)C3)n2)cc1. The van der Waals surface area contributed by atoms with Gasteiger partial charge >= 0.3 is 0 Å². The topological polar surface area (TPSA) is 68.5 Å². The molecule has 1 unspecified atom stereocenters. The number of carbonyl (C=O) groups excluding carboxylic acids is 1. The van der Waals surface area contributed by atoms with Crippen molar-refractivity contribution in [1.82, 2.24) is 15.0 Å². The van der Waals surface area contributed by atoms with E-state index in [4.69, 9.17) is 9.26 Å². The van der Waals surface area contributed by atoms with Crippen LogP contribution in [0, 0.1) is 0 Å². The highest BCUT2D eigenvalue weighted by Crippen LogP contribution is 2.30. The van der Waals surface area contributed by atoms with Gasteiger partial charge < -0.3 is 14.2 Å². The van der Waals surface area contributed by atoms with Gasteiger partial charge in [-0.15, -0.1) is 0 Å². The minimum atomic E-state index is -0.0677. The number of hydrogen-bond donors (Lipinski definition) is 0. The Bertz CT molecular complexity index is 948. The summed E-state index contributed by atoms with van der Waals surface area (Å²) in [6.45, 7) is 3.27. The van der Waals surface area contributed by atoms with Gasteiger partial charge in [-0.1, -0.05) is 48.5 Å². The normalized spacial score (nSPS) is 16.6. The summed E-state index contributed by atoms with van der Waals surface area (Å²) in [7, 11) is 1.64. The summed E-state index contributed by atoms with van der Waals surface area (Å²) < 4.78 is 10.7. The minimum Gasteiger partial charge on any atom is -0.497 e. The predicted octanol–water partition coefficient (Wildman–Crippen LogP) is 3.82. The molecule has 2 heterocycles. The van der Waals surface area contributed by atoms with E-state index in [9.17, 15) is 4.79 Å². The molecule has 0 spiro atoms. The van der Waals surface area contributed by atoms with Crippen LogP contribution in [0.1, 0.15) is 36.3 Å².